The van der Waals surface area contributed by atoms with Gasteiger partial charge in [-0.3, -0.25) is 5.10 Å². The van der Waals surface area contributed by atoms with Crippen molar-refractivity contribution in [3.05, 3.63) is 23.8 Å². The molecule has 4 heteroatoms. The Balaban J connectivity index is 2.11. The lowest BCUT2D eigenvalue weighted by molar-refractivity contribution is 0.524. The molecule has 1 aliphatic rings. The summed E-state index contributed by atoms with van der Waals surface area (Å²) in [7, 11) is 0. The minimum absolute atomic E-state index is 0.227. The molecule has 0 radical (unpaired) electrons. The third-order valence-corrected chi connectivity index (χ3v) is 3.50. The predicted octanol–water partition coefficient (Wildman–Crippen LogP) is 3.13. The van der Waals surface area contributed by atoms with Gasteiger partial charge in [0, 0.05) is 0 Å². The molecule has 2 rings (SSSR count). The van der Waals surface area contributed by atoms with Crippen molar-refractivity contribution in [3.63, 3.8) is 0 Å². The van der Waals surface area contributed by atoms with Crippen LogP contribution in [-0.2, 0) is 0 Å². The van der Waals surface area contributed by atoms with Gasteiger partial charge in [0.15, 0.2) is 0 Å². The minimum Gasteiger partial charge on any atom is -0.304 e. The van der Waals surface area contributed by atoms with Crippen LogP contribution in [0.25, 0.3) is 0 Å². The number of nitrogens with zero attached hydrogens (tertiary/aromatic N) is 2. The fourth-order valence-electron chi connectivity index (χ4n) is 2.52. The number of hydrogen-bond acceptors (Lipinski definition) is 3. The van der Waals surface area contributed by atoms with Gasteiger partial charge in [0.2, 0.25) is 0 Å². The molecule has 0 aromatic carbocycles. The van der Waals surface area contributed by atoms with Crippen molar-refractivity contribution in [1.82, 2.24) is 20.5 Å². The first-order chi connectivity index (χ1) is 8.92. The standard InChI is InChI=1S/C14H24N4/c1-2-10-15-13(14-16-11-17-18-14)12-8-6-4-3-5-7-9-12/h8,11,13,15H,2-7,9-10H2,1H3,(H,16,17,18). The van der Waals surface area contributed by atoms with E-state index >= 15 is 0 Å². The first-order valence-corrected chi connectivity index (χ1v) is 7.19. The van der Waals surface area contributed by atoms with Gasteiger partial charge in [-0.05, 0) is 44.2 Å². The summed E-state index contributed by atoms with van der Waals surface area (Å²) in [6, 6.07) is 0.227. The Morgan fingerprint density at radius 1 is 1.33 bits per heavy atom. The maximum atomic E-state index is 4.33. The Morgan fingerprint density at radius 3 is 3.00 bits per heavy atom. The van der Waals surface area contributed by atoms with Crippen LogP contribution in [-0.4, -0.2) is 21.7 Å². The van der Waals surface area contributed by atoms with Crippen LogP contribution in [0.3, 0.4) is 0 Å². The van der Waals surface area contributed by atoms with E-state index in [-0.39, 0.29) is 6.04 Å². The Bertz CT molecular complexity index is 356. The van der Waals surface area contributed by atoms with Crippen molar-refractivity contribution in [1.29, 1.82) is 0 Å². The monoisotopic (exact) mass is 248 g/mol. The summed E-state index contributed by atoms with van der Waals surface area (Å²) in [5.41, 5.74) is 1.49. The quantitative estimate of drug-likeness (QED) is 0.787. The number of rotatable bonds is 5. The van der Waals surface area contributed by atoms with Crippen molar-refractivity contribution < 1.29 is 0 Å². The highest BCUT2D eigenvalue weighted by molar-refractivity contribution is 5.17. The van der Waals surface area contributed by atoms with Gasteiger partial charge in [-0.2, -0.15) is 5.10 Å². The summed E-state index contributed by atoms with van der Waals surface area (Å²) < 4.78 is 0. The lowest BCUT2D eigenvalue weighted by Crippen LogP contribution is -2.25. The average molecular weight is 248 g/mol. The van der Waals surface area contributed by atoms with Crippen LogP contribution >= 0.6 is 0 Å². The van der Waals surface area contributed by atoms with Gasteiger partial charge in [-0.15, -0.1) is 0 Å². The molecule has 1 unspecified atom stereocenters. The van der Waals surface area contributed by atoms with Gasteiger partial charge in [0.1, 0.15) is 12.2 Å². The van der Waals surface area contributed by atoms with Crippen LogP contribution < -0.4 is 5.32 Å². The van der Waals surface area contributed by atoms with Crippen molar-refractivity contribution in [2.24, 2.45) is 0 Å². The molecule has 1 aliphatic carbocycles. The van der Waals surface area contributed by atoms with Crippen molar-refractivity contribution in [2.75, 3.05) is 6.54 Å². The second kappa shape index (κ2) is 7.31. The second-order valence-corrected chi connectivity index (χ2v) is 4.99. The SMILES string of the molecule is CCCNC(C1=CCCCCCC1)c1ncn[nH]1. The molecular weight excluding hydrogens is 224 g/mol. The molecule has 1 aromatic heterocycles. The summed E-state index contributed by atoms with van der Waals surface area (Å²) in [5, 5.41) is 10.6. The highest BCUT2D eigenvalue weighted by atomic mass is 15.2. The molecule has 0 spiro atoms. The molecular formula is C14H24N4. The summed E-state index contributed by atoms with van der Waals surface area (Å²) >= 11 is 0. The lowest BCUT2D eigenvalue weighted by atomic mass is 9.94. The topological polar surface area (TPSA) is 53.6 Å². The molecule has 0 amide bonds. The first kappa shape index (κ1) is 13.3. The maximum Gasteiger partial charge on any atom is 0.145 e. The van der Waals surface area contributed by atoms with E-state index in [9.17, 15) is 0 Å². The van der Waals surface area contributed by atoms with E-state index in [0.717, 1.165) is 18.8 Å². The van der Waals surface area contributed by atoms with Crippen LogP contribution in [0.4, 0.5) is 0 Å². The number of H-pyrrole nitrogens is 1. The fraction of sp³-hybridized carbons (Fsp3) is 0.714. The smallest absolute Gasteiger partial charge is 0.145 e. The van der Waals surface area contributed by atoms with Crippen LogP contribution in [0.1, 0.15) is 63.7 Å². The molecule has 2 N–H and O–H groups in total. The second-order valence-electron chi connectivity index (χ2n) is 4.99. The minimum atomic E-state index is 0.227. The Hall–Kier alpha value is -1.16. The van der Waals surface area contributed by atoms with Crippen LogP contribution in [0.5, 0.6) is 0 Å². The summed E-state index contributed by atoms with van der Waals surface area (Å²) in [4.78, 5) is 4.33. The summed E-state index contributed by atoms with van der Waals surface area (Å²) in [6.45, 7) is 3.21. The molecule has 0 aliphatic heterocycles. The first-order valence-electron chi connectivity index (χ1n) is 7.19. The van der Waals surface area contributed by atoms with Crippen LogP contribution in [0.2, 0.25) is 0 Å². The third-order valence-electron chi connectivity index (χ3n) is 3.50. The Morgan fingerprint density at radius 2 is 2.22 bits per heavy atom. The molecule has 18 heavy (non-hydrogen) atoms. The zero-order chi connectivity index (χ0) is 12.6. The maximum absolute atomic E-state index is 4.33. The van der Waals surface area contributed by atoms with Gasteiger partial charge in [-0.25, -0.2) is 4.98 Å². The van der Waals surface area contributed by atoms with E-state index < -0.39 is 0 Å². The van der Waals surface area contributed by atoms with E-state index in [2.05, 4.69) is 33.5 Å². The Kier molecular flexibility index (Phi) is 5.39. The largest absolute Gasteiger partial charge is 0.304 e. The van der Waals surface area contributed by atoms with E-state index in [1.807, 2.05) is 0 Å². The highest BCUT2D eigenvalue weighted by Crippen LogP contribution is 2.26. The van der Waals surface area contributed by atoms with Crippen molar-refractivity contribution >= 4 is 0 Å². The van der Waals surface area contributed by atoms with Crippen LogP contribution in [0, 0.1) is 0 Å². The highest BCUT2D eigenvalue weighted by Gasteiger charge is 2.18. The zero-order valence-electron chi connectivity index (χ0n) is 11.3. The molecule has 100 valence electrons. The number of hydrogen-bond donors (Lipinski definition) is 2. The number of aromatic amines is 1. The van der Waals surface area contributed by atoms with E-state index in [1.54, 1.807) is 6.33 Å². The van der Waals surface area contributed by atoms with Crippen molar-refractivity contribution in [3.8, 4) is 0 Å². The van der Waals surface area contributed by atoms with E-state index in [1.165, 1.54) is 44.1 Å². The third kappa shape index (κ3) is 3.67. The number of aromatic nitrogens is 3. The number of nitrogens with one attached hydrogen (secondary N) is 2. The molecule has 0 saturated heterocycles. The molecule has 0 saturated carbocycles. The van der Waals surface area contributed by atoms with Crippen molar-refractivity contribution in [2.45, 2.75) is 57.9 Å². The number of allylic oxidation sites excluding steroid dienone is 1. The molecule has 1 aromatic rings. The molecule has 0 fully saturated rings. The normalized spacial score (nSPS) is 18.8. The molecule has 0 bridgehead atoms. The van der Waals surface area contributed by atoms with Gasteiger partial charge in [-0.1, -0.05) is 25.8 Å². The zero-order valence-corrected chi connectivity index (χ0v) is 11.3. The molecule has 1 atom stereocenters. The summed E-state index contributed by atoms with van der Waals surface area (Å²) in [6.07, 6.45) is 12.9. The van der Waals surface area contributed by atoms with Gasteiger partial charge < -0.3 is 5.32 Å². The van der Waals surface area contributed by atoms with E-state index in [4.69, 9.17) is 0 Å². The van der Waals surface area contributed by atoms with Gasteiger partial charge in [0.05, 0.1) is 6.04 Å². The lowest BCUT2D eigenvalue weighted by Gasteiger charge is -2.21. The average Bonchev–Trinajstić information content (AvgIpc) is 2.85. The van der Waals surface area contributed by atoms with Gasteiger partial charge in [0.25, 0.3) is 0 Å². The molecule has 1 heterocycles. The van der Waals surface area contributed by atoms with E-state index in [0.29, 0.717) is 0 Å². The molecule has 4 nitrogen and oxygen atoms in total. The van der Waals surface area contributed by atoms with Gasteiger partial charge >= 0.3 is 0 Å². The van der Waals surface area contributed by atoms with Crippen LogP contribution in [0.15, 0.2) is 18.0 Å². The predicted molar refractivity (Wildman–Crippen MR) is 73.2 cm³/mol. The fourth-order valence-corrected chi connectivity index (χ4v) is 2.52. The Labute approximate surface area is 109 Å². The summed E-state index contributed by atoms with van der Waals surface area (Å²) in [5.74, 6) is 0.954.